The number of nitrogens with two attached hydrogens (primary N) is 1. The van der Waals surface area contributed by atoms with Crippen LogP contribution in [0.4, 0.5) is 0 Å². The van der Waals surface area contributed by atoms with Crippen LogP contribution < -0.4 is 11.1 Å². The predicted octanol–water partition coefficient (Wildman–Crippen LogP) is 1.46. The van der Waals surface area contributed by atoms with Crippen LogP contribution in [0.3, 0.4) is 0 Å². The molecule has 0 spiro atoms. The average molecular weight is 520 g/mol. The molecule has 1 saturated heterocycles. The van der Waals surface area contributed by atoms with Gasteiger partial charge >= 0.3 is 0 Å². The number of nitrogens with zero attached hydrogens (tertiary/aromatic N) is 1. The molecule has 1 aromatic carbocycles. The number of aliphatic hydroxyl groups is 1. The monoisotopic (exact) mass is 519 g/mol. The topological polar surface area (TPSA) is 150 Å². The molecule has 0 aromatic heterocycles. The van der Waals surface area contributed by atoms with E-state index in [4.69, 9.17) is 19.6 Å². The molecule has 1 aromatic rings. The van der Waals surface area contributed by atoms with E-state index in [2.05, 4.69) is 44.2 Å². The molecule has 1 aliphatic carbocycles. The molecule has 11 heteroatoms. The Hall–Kier alpha value is -2.28. The highest BCUT2D eigenvalue weighted by Crippen LogP contribution is 2.43. The van der Waals surface area contributed by atoms with Gasteiger partial charge in [0.05, 0.1) is 13.0 Å². The number of ether oxygens (including phenoxy) is 2. The van der Waals surface area contributed by atoms with E-state index in [-0.39, 0.29) is 29.6 Å². The first-order chi connectivity index (χ1) is 16.8. The molecule has 3 rings (SSSR count). The Morgan fingerprint density at radius 1 is 1.25 bits per heavy atom. The van der Waals surface area contributed by atoms with Crippen molar-refractivity contribution in [3.8, 4) is 0 Å². The molecule has 1 fully saturated rings. The third-order valence-corrected chi connectivity index (χ3v) is 11.8. The summed E-state index contributed by atoms with van der Waals surface area (Å²) in [6.45, 7) is 9.85. The lowest BCUT2D eigenvalue weighted by Gasteiger charge is -2.43. The van der Waals surface area contributed by atoms with Gasteiger partial charge in [-0.05, 0) is 18.1 Å². The van der Waals surface area contributed by atoms with Crippen molar-refractivity contribution >= 4 is 32.0 Å². The van der Waals surface area contributed by atoms with Crippen molar-refractivity contribution in [3.63, 3.8) is 0 Å². The highest BCUT2D eigenvalue weighted by atomic mass is 28.4. The van der Waals surface area contributed by atoms with E-state index in [9.17, 15) is 19.5 Å². The molecule has 2 aliphatic rings. The summed E-state index contributed by atoms with van der Waals surface area (Å²) in [6.07, 6.45) is -1.12. The Labute approximate surface area is 212 Å². The molecular formula is C25H37N3O7Si. The molecule has 0 radical (unpaired) electrons. The smallest absolute Gasteiger partial charge is 0.222 e. The van der Waals surface area contributed by atoms with Crippen LogP contribution >= 0.6 is 0 Å². The van der Waals surface area contributed by atoms with E-state index in [1.54, 1.807) is 24.3 Å². The van der Waals surface area contributed by atoms with Gasteiger partial charge in [-0.3, -0.25) is 24.7 Å². The number of carbonyl (C=O) groups excluding carboxylic acids is 3. The number of fused-ring (bicyclic) bond motifs is 1. The first kappa shape index (κ1) is 28.3. The van der Waals surface area contributed by atoms with E-state index < -0.39 is 50.9 Å². The van der Waals surface area contributed by atoms with Gasteiger partial charge in [-0.25, -0.2) is 0 Å². The van der Waals surface area contributed by atoms with Crippen molar-refractivity contribution in [2.24, 2.45) is 10.7 Å². The number of hydrogen-bond acceptors (Lipinski definition) is 9. The number of carbonyl (C=O) groups is 3. The second-order valence-corrected chi connectivity index (χ2v) is 15.6. The Balaban J connectivity index is 1.93. The van der Waals surface area contributed by atoms with Gasteiger partial charge in [-0.15, -0.1) is 0 Å². The van der Waals surface area contributed by atoms with Gasteiger partial charge in [0, 0.05) is 31.0 Å². The molecule has 4 unspecified atom stereocenters. The van der Waals surface area contributed by atoms with Crippen molar-refractivity contribution in [1.82, 2.24) is 5.32 Å². The molecule has 1 aliphatic heterocycles. The van der Waals surface area contributed by atoms with Gasteiger partial charge in [0.25, 0.3) is 0 Å². The van der Waals surface area contributed by atoms with E-state index in [0.29, 0.717) is 11.1 Å². The average Bonchev–Trinajstić information content (AvgIpc) is 3.22. The molecule has 4 atom stereocenters. The Bertz CT molecular complexity index is 1000. The first-order valence-electron chi connectivity index (χ1n) is 12.0. The Morgan fingerprint density at radius 3 is 2.31 bits per heavy atom. The quantitative estimate of drug-likeness (QED) is 0.239. The SMILES string of the molecule is COC1C(N=CCC(N)=O)OC(CO)(CNC2C(=O)c3ccccc3C2=O)C1O[Si](C)(C)C(C)(C)C. The van der Waals surface area contributed by atoms with E-state index in [1.807, 2.05) is 0 Å². The zero-order valence-corrected chi connectivity index (χ0v) is 22.7. The van der Waals surface area contributed by atoms with Crippen LogP contribution in [0, 0.1) is 0 Å². The van der Waals surface area contributed by atoms with Crippen LogP contribution in [0.2, 0.25) is 18.1 Å². The lowest BCUT2D eigenvalue weighted by Crippen LogP contribution is -2.60. The maximum Gasteiger partial charge on any atom is 0.222 e. The summed E-state index contributed by atoms with van der Waals surface area (Å²) < 4.78 is 18.7. The third-order valence-electron chi connectivity index (χ3n) is 7.35. The molecule has 10 nitrogen and oxygen atoms in total. The van der Waals surface area contributed by atoms with Gasteiger partial charge < -0.3 is 24.7 Å². The molecule has 1 heterocycles. The number of aliphatic hydroxyl groups excluding tert-OH is 1. The first-order valence-corrected chi connectivity index (χ1v) is 14.9. The van der Waals surface area contributed by atoms with Gasteiger partial charge in [-0.1, -0.05) is 45.0 Å². The highest BCUT2D eigenvalue weighted by molar-refractivity contribution is 6.74. The highest BCUT2D eigenvalue weighted by Gasteiger charge is 2.59. The Morgan fingerprint density at radius 2 is 1.83 bits per heavy atom. The molecule has 198 valence electrons. The minimum Gasteiger partial charge on any atom is -0.408 e. The minimum absolute atomic E-state index is 0.0688. The summed E-state index contributed by atoms with van der Waals surface area (Å²) in [6, 6.07) is 5.57. The fourth-order valence-corrected chi connectivity index (χ4v) is 5.56. The normalized spacial score (nSPS) is 27.2. The number of amides is 1. The molecule has 36 heavy (non-hydrogen) atoms. The van der Waals surface area contributed by atoms with Crippen LogP contribution in [-0.2, 0) is 18.7 Å². The van der Waals surface area contributed by atoms with E-state index in [0.717, 1.165) is 0 Å². The fraction of sp³-hybridized carbons (Fsp3) is 0.600. The second-order valence-electron chi connectivity index (χ2n) is 10.8. The summed E-state index contributed by atoms with van der Waals surface area (Å²) >= 11 is 0. The van der Waals surface area contributed by atoms with Crippen molar-refractivity contribution in [2.45, 2.75) is 75.4 Å². The Kier molecular flexibility index (Phi) is 8.33. The zero-order chi connectivity index (χ0) is 26.9. The van der Waals surface area contributed by atoms with Crippen molar-refractivity contribution in [2.75, 3.05) is 20.3 Å². The summed E-state index contributed by atoms with van der Waals surface area (Å²) in [7, 11) is -0.916. The van der Waals surface area contributed by atoms with Crippen LogP contribution in [0.1, 0.15) is 47.9 Å². The molecule has 1 amide bonds. The lowest BCUT2D eigenvalue weighted by atomic mass is 9.95. The third kappa shape index (κ3) is 5.36. The number of ketones is 2. The van der Waals surface area contributed by atoms with Crippen LogP contribution in [0.25, 0.3) is 0 Å². The molecular weight excluding hydrogens is 482 g/mol. The number of primary amides is 1. The van der Waals surface area contributed by atoms with Gasteiger partial charge in [0.2, 0.25) is 5.91 Å². The van der Waals surface area contributed by atoms with Gasteiger partial charge in [-0.2, -0.15) is 0 Å². The number of aliphatic imine (C=N–C) groups is 1. The minimum atomic E-state index is -2.41. The van der Waals surface area contributed by atoms with E-state index >= 15 is 0 Å². The summed E-state index contributed by atoms with van der Waals surface area (Å²) in [5.74, 6) is -1.21. The van der Waals surface area contributed by atoms with Gasteiger partial charge in [0.1, 0.15) is 23.9 Å². The standard InChI is InChI=1S/C25H37N3O7Si/c1-24(2,3)36(5,6)35-22-21(33-4)23(27-12-11-17(26)30)34-25(22,14-29)13-28-18-19(31)15-9-7-8-10-16(15)20(18)32/h7-10,12,18,21-23,28-29H,11,13-14H2,1-6H3,(H2,26,30). The van der Waals surface area contributed by atoms with E-state index in [1.165, 1.54) is 13.3 Å². The van der Waals surface area contributed by atoms with Crippen molar-refractivity contribution in [1.29, 1.82) is 0 Å². The van der Waals surface area contributed by atoms with Crippen LogP contribution in [0.15, 0.2) is 29.3 Å². The number of Topliss-reactive ketones (excluding diaryl/α,β-unsaturated/α-hetero) is 2. The largest absolute Gasteiger partial charge is 0.408 e. The second kappa shape index (κ2) is 10.6. The lowest BCUT2D eigenvalue weighted by molar-refractivity contribution is -0.116. The number of methoxy groups -OCH3 is 1. The number of rotatable bonds is 10. The van der Waals surface area contributed by atoms with Crippen LogP contribution in [-0.4, -0.2) is 87.5 Å². The fourth-order valence-electron chi connectivity index (χ4n) is 4.22. The maximum atomic E-state index is 12.9. The summed E-state index contributed by atoms with van der Waals surface area (Å²) in [5.41, 5.74) is 4.58. The van der Waals surface area contributed by atoms with Gasteiger partial charge in [0.15, 0.2) is 26.1 Å². The van der Waals surface area contributed by atoms with Crippen molar-refractivity contribution < 1.29 is 33.4 Å². The van der Waals surface area contributed by atoms with Crippen molar-refractivity contribution in [3.05, 3.63) is 35.4 Å². The number of hydrogen-bond donors (Lipinski definition) is 3. The number of benzene rings is 1. The molecule has 0 saturated carbocycles. The van der Waals surface area contributed by atoms with Crippen LogP contribution in [0.5, 0.6) is 0 Å². The number of nitrogens with one attached hydrogen (secondary N) is 1. The molecule has 4 N–H and O–H groups in total. The predicted molar refractivity (Wildman–Crippen MR) is 137 cm³/mol. The molecule has 0 bridgehead atoms. The summed E-state index contributed by atoms with van der Waals surface area (Å²) in [4.78, 5) is 41.4. The maximum absolute atomic E-state index is 12.9. The zero-order valence-electron chi connectivity index (χ0n) is 21.7. The summed E-state index contributed by atoms with van der Waals surface area (Å²) in [5, 5.41) is 13.5.